The summed E-state index contributed by atoms with van der Waals surface area (Å²) in [5.41, 5.74) is 1.32. The maximum atomic E-state index is 14.1. The van der Waals surface area contributed by atoms with E-state index in [4.69, 9.17) is 9.47 Å². The highest BCUT2D eigenvalue weighted by atomic mass is 32.2. The Labute approximate surface area is 256 Å². The number of benzene rings is 2. The van der Waals surface area contributed by atoms with Crippen molar-refractivity contribution < 1.29 is 36.2 Å². The maximum Gasteiger partial charge on any atom is 0.258 e. The lowest BCUT2D eigenvalue weighted by atomic mass is 10.0. The van der Waals surface area contributed by atoms with E-state index in [9.17, 15) is 26.7 Å². The van der Waals surface area contributed by atoms with Gasteiger partial charge in [-0.1, -0.05) is 24.6 Å². The molecule has 4 atom stereocenters. The van der Waals surface area contributed by atoms with E-state index in [1.54, 1.807) is 43.3 Å². The average molecular weight is 640 g/mol. The number of aliphatic hydroxyl groups excluding tert-OH is 1. The van der Waals surface area contributed by atoms with Crippen LogP contribution in [0.15, 0.2) is 47.4 Å². The summed E-state index contributed by atoms with van der Waals surface area (Å²) < 4.78 is 66.7. The number of carbonyl (C=O) groups excluding carboxylic acids is 1. The molecule has 43 heavy (non-hydrogen) atoms. The second-order valence-corrected chi connectivity index (χ2v) is 15.3. The van der Waals surface area contributed by atoms with Crippen LogP contribution in [0.5, 0.6) is 5.75 Å². The second kappa shape index (κ2) is 14.8. The molecule has 1 aliphatic heterocycles. The van der Waals surface area contributed by atoms with E-state index in [1.807, 2.05) is 20.8 Å². The Morgan fingerprint density at radius 2 is 1.77 bits per heavy atom. The summed E-state index contributed by atoms with van der Waals surface area (Å²) in [6.07, 6.45) is 2.42. The lowest BCUT2D eigenvalue weighted by Gasteiger charge is -2.35. The molecule has 0 fully saturated rings. The van der Waals surface area contributed by atoms with Crippen LogP contribution in [-0.2, 0) is 24.8 Å². The van der Waals surface area contributed by atoms with Crippen molar-refractivity contribution in [1.82, 2.24) is 9.21 Å². The van der Waals surface area contributed by atoms with Crippen molar-refractivity contribution in [3.05, 3.63) is 53.6 Å². The molecule has 13 heteroatoms. The number of nitrogens with zero attached hydrogens (tertiary/aromatic N) is 2. The average Bonchev–Trinajstić information content (AvgIpc) is 2.93. The lowest BCUT2D eigenvalue weighted by Crippen LogP contribution is -2.48. The number of rotatable bonds is 8. The van der Waals surface area contributed by atoms with Crippen molar-refractivity contribution in [2.45, 2.75) is 70.1 Å². The Balaban J connectivity index is 1.98. The number of carbonyl (C=O) groups is 1. The number of aryl methyl sites for hydroxylation is 1. The first kappa shape index (κ1) is 34.8. The molecule has 1 aliphatic rings. The van der Waals surface area contributed by atoms with Crippen molar-refractivity contribution in [2.24, 2.45) is 5.92 Å². The molecule has 0 bridgehead atoms. The molecular formula is C30H45N3O8S2. The Morgan fingerprint density at radius 1 is 1.09 bits per heavy atom. The third-order valence-electron chi connectivity index (χ3n) is 7.52. The predicted molar refractivity (Wildman–Crippen MR) is 166 cm³/mol. The van der Waals surface area contributed by atoms with E-state index in [0.717, 1.165) is 24.7 Å². The molecule has 0 saturated heterocycles. The lowest BCUT2D eigenvalue weighted by molar-refractivity contribution is -0.00833. The van der Waals surface area contributed by atoms with E-state index in [-0.39, 0.29) is 47.9 Å². The summed E-state index contributed by atoms with van der Waals surface area (Å²) >= 11 is 0. The first-order chi connectivity index (χ1) is 20.1. The van der Waals surface area contributed by atoms with Crippen molar-refractivity contribution in [2.75, 3.05) is 44.3 Å². The third kappa shape index (κ3) is 9.64. The van der Waals surface area contributed by atoms with Crippen LogP contribution in [0.25, 0.3) is 0 Å². The van der Waals surface area contributed by atoms with Crippen LogP contribution in [0, 0.1) is 12.8 Å². The highest BCUT2D eigenvalue weighted by Gasteiger charge is 2.32. The standard InChI is InChI=1S/C30H45N3O8S2/c1-21-10-13-26(14-11-21)43(38,39)32(5)19-29-22(2)18-33(23(3)20-34)30(35)27-17-25(31-42(6,36)37)12-15-28(27)41-24(4)9-7-8-16-40-29/h10-15,17,22-24,29,31,34H,7-9,16,18-20H2,1-6H3/t22-,23+,24-,29-/m1/s1. The van der Waals surface area contributed by atoms with Crippen LogP contribution in [0.4, 0.5) is 5.69 Å². The Kier molecular flexibility index (Phi) is 12.0. The zero-order valence-corrected chi connectivity index (χ0v) is 27.4. The van der Waals surface area contributed by atoms with E-state index in [0.29, 0.717) is 18.8 Å². The summed E-state index contributed by atoms with van der Waals surface area (Å²) in [4.78, 5) is 15.8. The van der Waals surface area contributed by atoms with E-state index in [2.05, 4.69) is 4.72 Å². The monoisotopic (exact) mass is 639 g/mol. The molecule has 2 aromatic carbocycles. The Bertz CT molecular complexity index is 1450. The number of fused-ring (bicyclic) bond motifs is 1. The summed E-state index contributed by atoms with van der Waals surface area (Å²) in [6.45, 7) is 7.66. The van der Waals surface area contributed by atoms with Gasteiger partial charge in [0, 0.05) is 38.3 Å². The SMILES string of the molecule is Cc1ccc(S(=O)(=O)N(C)C[C@H]2OCCCC[C@@H](C)Oc3ccc(NS(C)(=O)=O)cc3C(=O)N([C@@H](C)CO)C[C@H]2C)cc1. The van der Waals surface area contributed by atoms with Crippen molar-refractivity contribution in [1.29, 1.82) is 0 Å². The van der Waals surface area contributed by atoms with Crippen molar-refractivity contribution in [3.63, 3.8) is 0 Å². The fourth-order valence-electron chi connectivity index (χ4n) is 4.90. The number of hydrogen-bond donors (Lipinski definition) is 2. The Hall–Kier alpha value is -2.71. The van der Waals surface area contributed by atoms with Gasteiger partial charge in [-0.3, -0.25) is 9.52 Å². The summed E-state index contributed by atoms with van der Waals surface area (Å²) in [7, 11) is -5.88. The fraction of sp³-hybridized carbons (Fsp3) is 0.567. The maximum absolute atomic E-state index is 14.1. The molecule has 0 unspecified atom stereocenters. The third-order valence-corrected chi connectivity index (χ3v) is 9.97. The van der Waals surface area contributed by atoms with Crippen LogP contribution >= 0.6 is 0 Å². The summed E-state index contributed by atoms with van der Waals surface area (Å²) in [5.74, 6) is -0.477. The summed E-state index contributed by atoms with van der Waals surface area (Å²) in [5, 5.41) is 10.1. The minimum atomic E-state index is -3.79. The topological polar surface area (TPSA) is 143 Å². The van der Waals surface area contributed by atoms with Gasteiger partial charge in [0.05, 0.1) is 41.6 Å². The van der Waals surface area contributed by atoms with Gasteiger partial charge in [-0.05, 0) is 70.4 Å². The molecule has 3 rings (SSSR count). The van der Waals surface area contributed by atoms with E-state index in [1.165, 1.54) is 22.3 Å². The first-order valence-electron chi connectivity index (χ1n) is 14.5. The zero-order chi connectivity index (χ0) is 31.9. The van der Waals surface area contributed by atoms with E-state index >= 15 is 0 Å². The number of nitrogens with one attached hydrogen (secondary N) is 1. The Morgan fingerprint density at radius 3 is 2.40 bits per heavy atom. The minimum Gasteiger partial charge on any atom is -0.490 e. The van der Waals surface area contributed by atoms with Crippen LogP contribution in [0.3, 0.4) is 0 Å². The van der Waals surface area contributed by atoms with Crippen molar-refractivity contribution in [3.8, 4) is 5.75 Å². The van der Waals surface area contributed by atoms with Gasteiger partial charge in [0.2, 0.25) is 20.0 Å². The molecule has 2 N–H and O–H groups in total. The van der Waals surface area contributed by atoms with Crippen LogP contribution < -0.4 is 9.46 Å². The molecule has 0 spiro atoms. The molecule has 0 aliphatic carbocycles. The number of amides is 1. The minimum absolute atomic E-state index is 0.0610. The number of aliphatic hydroxyl groups is 1. The number of ether oxygens (including phenoxy) is 2. The molecule has 240 valence electrons. The van der Waals surface area contributed by atoms with Gasteiger partial charge >= 0.3 is 0 Å². The molecule has 2 aromatic rings. The number of hydrogen-bond acceptors (Lipinski definition) is 8. The van der Waals surface area contributed by atoms with Gasteiger partial charge in [-0.15, -0.1) is 0 Å². The summed E-state index contributed by atoms with van der Waals surface area (Å²) in [6, 6.07) is 10.6. The smallest absolute Gasteiger partial charge is 0.258 e. The van der Waals surface area contributed by atoms with Crippen molar-refractivity contribution >= 4 is 31.6 Å². The molecule has 1 amide bonds. The van der Waals surface area contributed by atoms with Gasteiger partial charge in [0.25, 0.3) is 5.91 Å². The number of anilines is 1. The number of sulfonamides is 2. The molecule has 0 saturated carbocycles. The van der Waals surface area contributed by atoms with Gasteiger partial charge in [0.15, 0.2) is 0 Å². The van der Waals surface area contributed by atoms with Gasteiger partial charge < -0.3 is 19.5 Å². The van der Waals surface area contributed by atoms with Gasteiger partial charge in [0.1, 0.15) is 5.75 Å². The molecular weight excluding hydrogens is 594 g/mol. The second-order valence-electron chi connectivity index (χ2n) is 11.5. The van der Waals surface area contributed by atoms with Gasteiger partial charge in [-0.2, -0.15) is 4.31 Å². The zero-order valence-electron chi connectivity index (χ0n) is 25.8. The molecule has 11 nitrogen and oxygen atoms in total. The predicted octanol–water partition coefficient (Wildman–Crippen LogP) is 3.48. The van der Waals surface area contributed by atoms with Crippen LogP contribution in [0.2, 0.25) is 0 Å². The largest absolute Gasteiger partial charge is 0.490 e. The first-order valence-corrected chi connectivity index (χ1v) is 17.8. The van der Waals surface area contributed by atoms with Gasteiger partial charge in [-0.25, -0.2) is 16.8 Å². The number of likely N-dealkylation sites (N-methyl/N-ethyl adjacent to an activating group) is 1. The fourth-order valence-corrected chi connectivity index (χ4v) is 6.64. The highest BCUT2D eigenvalue weighted by molar-refractivity contribution is 7.92. The van der Waals surface area contributed by atoms with Crippen LogP contribution in [0.1, 0.15) is 56.0 Å². The quantitative estimate of drug-likeness (QED) is 0.447. The van der Waals surface area contributed by atoms with E-state index < -0.39 is 38.1 Å². The highest BCUT2D eigenvalue weighted by Crippen LogP contribution is 2.29. The molecule has 0 radical (unpaired) electrons. The normalized spacial score (nSPS) is 21.9. The van der Waals surface area contributed by atoms with Crippen LogP contribution in [-0.4, -0.2) is 94.9 Å². The molecule has 1 heterocycles. The molecule has 0 aromatic heterocycles.